The molecular weight excluding hydrogens is 344 g/mol. The van der Waals surface area contributed by atoms with Gasteiger partial charge in [0.05, 0.1) is 11.1 Å². The number of aromatic nitrogens is 1. The predicted molar refractivity (Wildman–Crippen MR) is 103 cm³/mol. The molecular formula is C21H26N2O4. The zero-order chi connectivity index (χ0) is 20.1. The summed E-state index contributed by atoms with van der Waals surface area (Å²) in [6.07, 6.45) is 2.34. The number of aromatic amines is 1. The van der Waals surface area contributed by atoms with Crippen LogP contribution in [0.2, 0.25) is 0 Å². The van der Waals surface area contributed by atoms with Crippen molar-refractivity contribution in [2.45, 2.75) is 53.7 Å². The molecule has 1 aromatic heterocycles. The van der Waals surface area contributed by atoms with E-state index in [1.807, 2.05) is 0 Å². The molecule has 1 aliphatic carbocycles. The van der Waals surface area contributed by atoms with E-state index in [9.17, 15) is 19.5 Å². The van der Waals surface area contributed by atoms with Gasteiger partial charge in [0.15, 0.2) is 5.78 Å². The Morgan fingerprint density at radius 2 is 1.85 bits per heavy atom. The third-order valence-corrected chi connectivity index (χ3v) is 5.76. The second-order valence-corrected chi connectivity index (χ2v) is 8.17. The van der Waals surface area contributed by atoms with Crippen molar-refractivity contribution >= 4 is 11.6 Å². The summed E-state index contributed by atoms with van der Waals surface area (Å²) in [5.74, 6) is -0.699. The van der Waals surface area contributed by atoms with Crippen LogP contribution in [0.15, 0.2) is 33.8 Å². The van der Waals surface area contributed by atoms with Gasteiger partial charge in [-0.1, -0.05) is 27.2 Å². The van der Waals surface area contributed by atoms with Gasteiger partial charge in [-0.2, -0.15) is 0 Å². The van der Waals surface area contributed by atoms with Crippen LogP contribution in [0, 0.1) is 12.3 Å². The van der Waals surface area contributed by atoms with E-state index < -0.39 is 17.6 Å². The summed E-state index contributed by atoms with van der Waals surface area (Å²) in [4.78, 5) is 42.4. The molecule has 0 spiro atoms. The first-order chi connectivity index (χ1) is 12.6. The second-order valence-electron chi connectivity index (χ2n) is 8.17. The molecule has 0 radical (unpaired) electrons. The highest BCUT2D eigenvalue weighted by Gasteiger charge is 2.41. The van der Waals surface area contributed by atoms with E-state index in [0.717, 1.165) is 12.8 Å². The fraction of sp³-hybridized carbons (Fsp3) is 0.476. The monoisotopic (exact) mass is 370 g/mol. The molecule has 6 heteroatoms. The highest BCUT2D eigenvalue weighted by Crippen LogP contribution is 2.37. The van der Waals surface area contributed by atoms with E-state index in [1.54, 1.807) is 24.8 Å². The fourth-order valence-corrected chi connectivity index (χ4v) is 3.63. The first kappa shape index (κ1) is 19.3. The number of fused-ring (bicyclic) bond motifs is 1. The summed E-state index contributed by atoms with van der Waals surface area (Å²) in [5.41, 5.74) is 1.46. The Morgan fingerprint density at radius 1 is 1.19 bits per heavy atom. The number of carbonyl (C=O) groups is 2. The molecule has 1 atom stereocenters. The molecule has 2 heterocycles. The van der Waals surface area contributed by atoms with Gasteiger partial charge < -0.3 is 15.0 Å². The van der Waals surface area contributed by atoms with Gasteiger partial charge in [-0.15, -0.1) is 0 Å². The smallest absolute Gasteiger partial charge is 0.248 e. The molecule has 1 aromatic rings. The number of ketones is 2. The van der Waals surface area contributed by atoms with Crippen LogP contribution in [0.25, 0.3) is 0 Å². The largest absolute Gasteiger partial charge is 0.370 e. The molecule has 27 heavy (non-hydrogen) atoms. The van der Waals surface area contributed by atoms with Crippen molar-refractivity contribution < 1.29 is 14.7 Å². The zero-order valence-corrected chi connectivity index (χ0v) is 16.5. The molecule has 0 saturated carbocycles. The lowest BCUT2D eigenvalue weighted by molar-refractivity contribution is 0.0481. The summed E-state index contributed by atoms with van der Waals surface area (Å²) in [6, 6.07) is 1.33. The second kappa shape index (κ2) is 6.60. The average molecular weight is 370 g/mol. The van der Waals surface area contributed by atoms with E-state index in [4.69, 9.17) is 0 Å². The highest BCUT2D eigenvalue weighted by atomic mass is 16.3. The summed E-state index contributed by atoms with van der Waals surface area (Å²) in [5, 5.41) is 10.6. The summed E-state index contributed by atoms with van der Waals surface area (Å²) >= 11 is 0. The van der Waals surface area contributed by atoms with E-state index >= 15 is 0 Å². The van der Waals surface area contributed by atoms with Crippen molar-refractivity contribution in [3.05, 3.63) is 56.2 Å². The third-order valence-electron chi connectivity index (χ3n) is 5.76. The Kier molecular flexibility index (Phi) is 4.72. The standard InChI is InChI=1S/C21H26N2O4/c1-6-21(4,5)7-8-23-14(25)10-12(3)16-18(23)20(27)17-15(19(16)26)11(2)9-13(24)22-17/h9-10,14,25H,6-8H2,1-5H3,(H,22,24). The third kappa shape index (κ3) is 3.18. The van der Waals surface area contributed by atoms with Crippen LogP contribution in [-0.4, -0.2) is 39.3 Å². The van der Waals surface area contributed by atoms with Gasteiger partial charge in [0.1, 0.15) is 17.6 Å². The summed E-state index contributed by atoms with van der Waals surface area (Å²) in [7, 11) is 0. The van der Waals surface area contributed by atoms with Crippen molar-refractivity contribution in [2.75, 3.05) is 6.54 Å². The Bertz CT molecular complexity index is 949. The maximum Gasteiger partial charge on any atom is 0.248 e. The minimum atomic E-state index is -0.980. The molecule has 2 aliphatic rings. The minimum Gasteiger partial charge on any atom is -0.370 e. The Hall–Kier alpha value is -2.47. The number of aryl methyl sites for hydroxylation is 1. The van der Waals surface area contributed by atoms with Gasteiger partial charge in [-0.3, -0.25) is 14.4 Å². The van der Waals surface area contributed by atoms with Gasteiger partial charge in [0, 0.05) is 12.6 Å². The molecule has 2 N–H and O–H groups in total. The lowest BCUT2D eigenvalue weighted by Gasteiger charge is -2.39. The van der Waals surface area contributed by atoms with Crippen molar-refractivity contribution in [3.8, 4) is 0 Å². The number of nitrogens with zero attached hydrogens (tertiary/aromatic N) is 1. The molecule has 3 rings (SSSR count). The fourth-order valence-electron chi connectivity index (χ4n) is 3.63. The maximum atomic E-state index is 13.2. The van der Waals surface area contributed by atoms with E-state index in [1.165, 1.54) is 6.07 Å². The number of carbonyl (C=O) groups excluding carboxylic acids is 2. The first-order valence-electron chi connectivity index (χ1n) is 9.28. The van der Waals surface area contributed by atoms with Crippen LogP contribution in [0.3, 0.4) is 0 Å². The lowest BCUT2D eigenvalue weighted by Crippen LogP contribution is -2.45. The van der Waals surface area contributed by atoms with E-state index in [0.29, 0.717) is 23.3 Å². The maximum absolute atomic E-state index is 13.2. The molecule has 144 valence electrons. The number of H-pyrrole nitrogens is 1. The SMILES string of the molecule is CCC(C)(C)CCN1C2=C(C(=O)c3c(C)cc(=O)[nH]c3C2=O)C(C)=CC1O. The molecule has 0 amide bonds. The lowest BCUT2D eigenvalue weighted by atomic mass is 9.81. The number of hydrogen-bond donors (Lipinski definition) is 2. The van der Waals surface area contributed by atoms with Crippen LogP contribution < -0.4 is 5.56 Å². The number of Topliss-reactive ketones (excluding diaryl/α,β-unsaturated/α-hetero) is 2. The summed E-state index contributed by atoms with van der Waals surface area (Å²) in [6.45, 7) is 10.2. The van der Waals surface area contributed by atoms with Gasteiger partial charge in [-0.05, 0) is 42.9 Å². The molecule has 0 aromatic carbocycles. The minimum absolute atomic E-state index is 0.0189. The van der Waals surface area contributed by atoms with Crippen LogP contribution in [0.1, 0.15) is 66.9 Å². The van der Waals surface area contributed by atoms with Gasteiger partial charge in [0.2, 0.25) is 11.3 Å². The van der Waals surface area contributed by atoms with Crippen LogP contribution in [0.5, 0.6) is 0 Å². The van der Waals surface area contributed by atoms with Crippen LogP contribution in [0.4, 0.5) is 0 Å². The molecule has 6 nitrogen and oxygen atoms in total. The van der Waals surface area contributed by atoms with Crippen molar-refractivity contribution in [2.24, 2.45) is 5.41 Å². The average Bonchev–Trinajstić information content (AvgIpc) is 2.57. The molecule has 1 aliphatic heterocycles. The normalized spacial score (nSPS) is 19.9. The molecule has 0 fully saturated rings. The molecule has 1 unspecified atom stereocenters. The Labute approximate surface area is 158 Å². The number of aliphatic hydroxyl groups excluding tert-OH is 1. The van der Waals surface area contributed by atoms with Gasteiger partial charge in [0.25, 0.3) is 0 Å². The van der Waals surface area contributed by atoms with Crippen molar-refractivity contribution in [3.63, 3.8) is 0 Å². The number of pyridine rings is 1. The predicted octanol–water partition coefficient (Wildman–Crippen LogP) is 2.72. The number of rotatable bonds is 4. The quantitative estimate of drug-likeness (QED) is 0.850. The number of hydrogen-bond acceptors (Lipinski definition) is 5. The van der Waals surface area contributed by atoms with Gasteiger partial charge >= 0.3 is 0 Å². The summed E-state index contributed by atoms with van der Waals surface area (Å²) < 4.78 is 0. The van der Waals surface area contributed by atoms with Crippen LogP contribution in [-0.2, 0) is 0 Å². The van der Waals surface area contributed by atoms with Crippen molar-refractivity contribution in [1.82, 2.24) is 9.88 Å². The first-order valence-corrected chi connectivity index (χ1v) is 9.28. The van der Waals surface area contributed by atoms with E-state index in [2.05, 4.69) is 25.8 Å². The van der Waals surface area contributed by atoms with Crippen molar-refractivity contribution in [1.29, 1.82) is 0 Å². The topological polar surface area (TPSA) is 90.5 Å². The number of aliphatic hydroxyl groups is 1. The highest BCUT2D eigenvalue weighted by molar-refractivity contribution is 6.28. The molecule has 0 bridgehead atoms. The molecule has 0 saturated heterocycles. The van der Waals surface area contributed by atoms with Crippen LogP contribution >= 0.6 is 0 Å². The van der Waals surface area contributed by atoms with E-state index in [-0.39, 0.29) is 28.2 Å². The number of allylic oxidation sites excluding steroid dienone is 3. The number of nitrogens with one attached hydrogen (secondary N) is 1. The van der Waals surface area contributed by atoms with Gasteiger partial charge in [-0.25, -0.2) is 0 Å². The Balaban J connectivity index is 2.13. The Morgan fingerprint density at radius 3 is 2.48 bits per heavy atom. The zero-order valence-electron chi connectivity index (χ0n) is 16.5.